The van der Waals surface area contributed by atoms with Crippen molar-refractivity contribution in [3.8, 4) is 0 Å². The van der Waals surface area contributed by atoms with Crippen LogP contribution in [-0.4, -0.2) is 55.2 Å². The number of carbonyl (C=O) groups is 3. The van der Waals surface area contributed by atoms with Crippen LogP contribution in [0.25, 0.3) is 0 Å². The number of carbonyl (C=O) groups excluding carboxylic acids is 3. The minimum Gasteiger partial charge on any atom is -0.364 e. The number of Topliss-reactive ketones (excluding diaryl/α,β-unsaturated/α-hetero) is 1. The second-order valence-corrected chi connectivity index (χ2v) is 13.3. The molecule has 242 valence electrons. The van der Waals surface area contributed by atoms with Gasteiger partial charge in [0.25, 0.3) is 11.8 Å². The van der Waals surface area contributed by atoms with Gasteiger partial charge < -0.3 is 15.5 Å². The number of aromatic nitrogens is 4. The molecule has 2 amide bonds. The summed E-state index contributed by atoms with van der Waals surface area (Å²) < 4.78 is 4.65. The highest BCUT2D eigenvalue weighted by Gasteiger charge is 2.46. The van der Waals surface area contributed by atoms with E-state index in [1.54, 1.807) is 0 Å². The summed E-state index contributed by atoms with van der Waals surface area (Å²) in [5.74, 6) is -0.753. The summed E-state index contributed by atoms with van der Waals surface area (Å²) in [6.07, 6.45) is 9.41. The van der Waals surface area contributed by atoms with Gasteiger partial charge in [-0.1, -0.05) is 35.5 Å². The Balaban J connectivity index is 0.973. The van der Waals surface area contributed by atoms with Crippen LogP contribution in [0.3, 0.4) is 0 Å². The maximum atomic E-state index is 13.2. The number of fused-ring (bicyclic) bond motifs is 2. The van der Waals surface area contributed by atoms with Crippen LogP contribution >= 0.6 is 0 Å². The molecule has 2 aromatic heterocycles. The Morgan fingerprint density at radius 1 is 1.09 bits per heavy atom. The van der Waals surface area contributed by atoms with Crippen molar-refractivity contribution in [1.29, 1.82) is 0 Å². The molecule has 1 unspecified atom stereocenters. The highest BCUT2D eigenvalue weighted by molar-refractivity contribution is 6.08. The number of H-pyrrole nitrogens is 1. The Morgan fingerprint density at radius 2 is 1.89 bits per heavy atom. The maximum absolute atomic E-state index is 13.2. The average Bonchev–Trinajstić information content (AvgIpc) is 3.63. The zero-order valence-corrected chi connectivity index (χ0v) is 26.7. The molecule has 0 radical (unpaired) electrons. The number of aromatic amines is 1. The molecule has 47 heavy (non-hydrogen) atoms. The first-order valence-corrected chi connectivity index (χ1v) is 16.1. The molecule has 12 nitrogen and oxygen atoms in total. The molecule has 0 saturated heterocycles. The first kappa shape index (κ1) is 30.5. The molecule has 3 aromatic rings. The number of nitrogens with one attached hydrogen (secondary N) is 3. The van der Waals surface area contributed by atoms with Gasteiger partial charge in [-0.25, -0.2) is 14.8 Å². The standard InChI is InChI=1S/C35H37N7O5/c1-19-29(30(43)35(19,2)3)42-12-4-5-21-7-6-20(13-24(21)17-42)16-36-32(44)27-15-28(38-18-37-27)33(45)39-26-11-9-22-14-23(8-10-25(22)26)31-40-34(46)47-41-31/h6-7,10,13-15,18,23,26H,4-5,8-9,11-12,16-17H2,1-3H3,(H,36,44)(H,39,45)(H,40,41,46)/t23?,26-/m0/s1. The molecule has 3 N–H and O–H groups in total. The van der Waals surface area contributed by atoms with Crippen LogP contribution in [0.1, 0.15) is 95.9 Å². The predicted molar refractivity (Wildman–Crippen MR) is 171 cm³/mol. The quantitative estimate of drug-likeness (QED) is 0.352. The molecule has 4 aliphatic rings. The first-order valence-electron chi connectivity index (χ1n) is 16.1. The van der Waals surface area contributed by atoms with E-state index < -0.39 is 17.1 Å². The average molecular weight is 636 g/mol. The molecule has 2 atom stereocenters. The summed E-state index contributed by atoms with van der Waals surface area (Å²) in [5, 5.41) is 9.79. The third-order valence-corrected chi connectivity index (χ3v) is 10.0. The Labute approximate surface area is 271 Å². The lowest BCUT2D eigenvalue weighted by Crippen LogP contribution is -2.45. The molecule has 0 bridgehead atoms. The third kappa shape index (κ3) is 5.72. The molecule has 1 aliphatic heterocycles. The van der Waals surface area contributed by atoms with Crippen LogP contribution < -0.4 is 16.4 Å². The number of hydrogen-bond acceptors (Lipinski definition) is 9. The highest BCUT2D eigenvalue weighted by atomic mass is 16.5. The van der Waals surface area contributed by atoms with Gasteiger partial charge in [0.15, 0.2) is 11.6 Å². The molecule has 7 rings (SSSR count). The van der Waals surface area contributed by atoms with E-state index in [0.29, 0.717) is 25.3 Å². The number of nitrogens with zero attached hydrogens (tertiary/aromatic N) is 4. The van der Waals surface area contributed by atoms with E-state index >= 15 is 0 Å². The second kappa shape index (κ2) is 11.9. The van der Waals surface area contributed by atoms with Crippen molar-refractivity contribution >= 4 is 17.6 Å². The molecule has 3 aliphatic carbocycles. The van der Waals surface area contributed by atoms with E-state index in [1.165, 1.54) is 18.0 Å². The van der Waals surface area contributed by atoms with Gasteiger partial charge in [-0.15, -0.1) is 0 Å². The Bertz CT molecular complexity index is 1950. The number of amides is 2. The van der Waals surface area contributed by atoms with Gasteiger partial charge in [0.2, 0.25) is 0 Å². The third-order valence-electron chi connectivity index (χ3n) is 10.0. The lowest BCUT2D eigenvalue weighted by molar-refractivity contribution is -0.126. The first-order chi connectivity index (χ1) is 22.6. The van der Waals surface area contributed by atoms with Crippen molar-refractivity contribution in [2.45, 2.75) is 77.9 Å². The van der Waals surface area contributed by atoms with Crippen LogP contribution in [0.15, 0.2) is 74.5 Å². The topological polar surface area (TPSA) is 163 Å². The fourth-order valence-electron chi connectivity index (χ4n) is 7.06. The van der Waals surface area contributed by atoms with Crippen LogP contribution in [-0.2, 0) is 24.3 Å². The summed E-state index contributed by atoms with van der Waals surface area (Å²) in [6, 6.07) is 7.46. The Kier molecular flexibility index (Phi) is 7.73. The van der Waals surface area contributed by atoms with Gasteiger partial charge in [-0.3, -0.25) is 23.9 Å². The predicted octanol–water partition coefficient (Wildman–Crippen LogP) is 3.65. The lowest BCUT2D eigenvalue weighted by atomic mass is 9.68. The van der Waals surface area contributed by atoms with Crippen LogP contribution in [0.4, 0.5) is 0 Å². The zero-order valence-electron chi connectivity index (χ0n) is 26.7. The van der Waals surface area contributed by atoms with Crippen molar-refractivity contribution in [2.24, 2.45) is 5.41 Å². The minimum absolute atomic E-state index is 0.0781. The van der Waals surface area contributed by atoms with Crippen LogP contribution in [0.5, 0.6) is 0 Å². The number of ketones is 1. The molecular formula is C35H37N7O5. The Hall–Kier alpha value is -5.13. The zero-order chi connectivity index (χ0) is 32.9. The molecule has 0 spiro atoms. The van der Waals surface area contributed by atoms with Crippen molar-refractivity contribution in [1.82, 2.24) is 35.6 Å². The van der Waals surface area contributed by atoms with Gasteiger partial charge in [0.05, 0.1) is 17.2 Å². The molecule has 3 heterocycles. The lowest BCUT2D eigenvalue weighted by Gasteiger charge is -2.42. The van der Waals surface area contributed by atoms with E-state index in [9.17, 15) is 19.2 Å². The van der Waals surface area contributed by atoms with Crippen molar-refractivity contribution < 1.29 is 18.9 Å². The molecular weight excluding hydrogens is 598 g/mol. The SMILES string of the molecule is CC1=C(N2CCCc3ccc(CNC(=O)c4cc(C(=O)N[C@H]5CCC6=CC(c7noc(=O)[nH]7)CC=C65)ncn4)cc3C2)C(=O)C1(C)C. The smallest absolute Gasteiger partial charge is 0.364 e. The van der Waals surface area contributed by atoms with Crippen LogP contribution in [0.2, 0.25) is 0 Å². The van der Waals surface area contributed by atoms with Crippen molar-refractivity contribution in [2.75, 3.05) is 6.54 Å². The largest absolute Gasteiger partial charge is 0.438 e. The van der Waals surface area contributed by atoms with Gasteiger partial charge >= 0.3 is 5.76 Å². The number of hydrogen-bond donors (Lipinski definition) is 3. The normalized spacial score (nSPS) is 21.6. The van der Waals surface area contributed by atoms with Crippen LogP contribution in [0, 0.1) is 5.41 Å². The molecule has 12 heteroatoms. The fraction of sp³-hybridized carbons (Fsp3) is 0.400. The van der Waals surface area contributed by atoms with Gasteiger partial charge in [-0.05, 0) is 86.3 Å². The van der Waals surface area contributed by atoms with E-state index in [2.05, 4.69) is 71.4 Å². The van der Waals surface area contributed by atoms with E-state index in [1.807, 2.05) is 19.9 Å². The minimum atomic E-state index is -0.579. The fourth-order valence-corrected chi connectivity index (χ4v) is 7.06. The number of benzene rings is 1. The second-order valence-electron chi connectivity index (χ2n) is 13.3. The summed E-state index contributed by atoms with van der Waals surface area (Å²) >= 11 is 0. The summed E-state index contributed by atoms with van der Waals surface area (Å²) in [5.41, 5.74) is 7.33. The van der Waals surface area contributed by atoms with Gasteiger partial charge in [0.1, 0.15) is 17.7 Å². The summed E-state index contributed by atoms with van der Waals surface area (Å²) in [6.45, 7) is 7.80. The van der Waals surface area contributed by atoms with E-state index in [-0.39, 0.29) is 35.0 Å². The maximum Gasteiger partial charge on any atom is 0.438 e. The van der Waals surface area contributed by atoms with Gasteiger partial charge in [0, 0.05) is 31.6 Å². The van der Waals surface area contributed by atoms with Crippen molar-refractivity contribution in [3.05, 3.63) is 110 Å². The summed E-state index contributed by atoms with van der Waals surface area (Å²) in [4.78, 5) is 63.6. The highest BCUT2D eigenvalue weighted by Crippen LogP contribution is 2.44. The van der Waals surface area contributed by atoms with Crippen molar-refractivity contribution in [3.63, 3.8) is 0 Å². The summed E-state index contributed by atoms with van der Waals surface area (Å²) in [7, 11) is 0. The van der Waals surface area contributed by atoms with Gasteiger partial charge in [-0.2, -0.15) is 0 Å². The number of allylic oxidation sites excluding steroid dienone is 4. The Morgan fingerprint density at radius 3 is 2.66 bits per heavy atom. The molecule has 1 aromatic carbocycles. The monoisotopic (exact) mass is 635 g/mol. The van der Waals surface area contributed by atoms with E-state index in [4.69, 9.17) is 0 Å². The molecule has 1 saturated carbocycles. The molecule has 1 fully saturated rings. The number of aryl methyl sites for hydroxylation is 1. The number of rotatable bonds is 7. The van der Waals surface area contributed by atoms with E-state index in [0.717, 1.165) is 65.8 Å².